The van der Waals surface area contributed by atoms with Crippen molar-refractivity contribution < 1.29 is 9.50 Å². The van der Waals surface area contributed by atoms with E-state index in [1.165, 1.54) is 25.0 Å². The number of halogens is 1. The van der Waals surface area contributed by atoms with E-state index in [0.29, 0.717) is 11.3 Å². The van der Waals surface area contributed by atoms with E-state index in [2.05, 4.69) is 20.8 Å². The van der Waals surface area contributed by atoms with Crippen molar-refractivity contribution in [2.24, 2.45) is 17.3 Å². The molecule has 2 rings (SSSR count). The second kappa shape index (κ2) is 6.08. The van der Waals surface area contributed by atoms with Crippen LogP contribution in [0.4, 0.5) is 4.39 Å². The summed E-state index contributed by atoms with van der Waals surface area (Å²) in [5.41, 5.74) is 3.05. The Bertz CT molecular complexity index is 470. The SMILES string of the molecule is Cc1cc(F)cc(C)c1C(O)C1CCC(C(C)(C)C)CC1. The van der Waals surface area contributed by atoms with Crippen molar-refractivity contribution >= 4 is 0 Å². The molecule has 0 aliphatic heterocycles. The van der Waals surface area contributed by atoms with Gasteiger partial charge in [-0.2, -0.15) is 0 Å². The highest BCUT2D eigenvalue weighted by molar-refractivity contribution is 5.36. The zero-order valence-electron chi connectivity index (χ0n) is 14.0. The molecular formula is C19H29FO. The molecule has 21 heavy (non-hydrogen) atoms. The van der Waals surface area contributed by atoms with Crippen LogP contribution in [0.15, 0.2) is 12.1 Å². The zero-order valence-corrected chi connectivity index (χ0v) is 14.0. The molecule has 0 amide bonds. The van der Waals surface area contributed by atoms with Gasteiger partial charge in [-0.15, -0.1) is 0 Å². The fraction of sp³-hybridized carbons (Fsp3) is 0.684. The van der Waals surface area contributed by atoms with E-state index < -0.39 is 6.10 Å². The molecule has 0 heterocycles. The van der Waals surface area contributed by atoms with Gasteiger partial charge in [0.15, 0.2) is 0 Å². The number of benzene rings is 1. The number of aliphatic hydroxyl groups is 1. The molecule has 1 fully saturated rings. The van der Waals surface area contributed by atoms with E-state index in [-0.39, 0.29) is 5.82 Å². The van der Waals surface area contributed by atoms with Crippen molar-refractivity contribution in [1.29, 1.82) is 0 Å². The van der Waals surface area contributed by atoms with Crippen LogP contribution in [-0.2, 0) is 0 Å². The standard InChI is InChI=1S/C19H29FO/c1-12-10-16(20)11-13(2)17(12)18(21)14-6-8-15(9-7-14)19(3,4)5/h10-11,14-15,18,21H,6-9H2,1-5H3. The van der Waals surface area contributed by atoms with Crippen molar-refractivity contribution in [3.63, 3.8) is 0 Å². The highest BCUT2D eigenvalue weighted by Crippen LogP contribution is 2.44. The van der Waals surface area contributed by atoms with Crippen LogP contribution in [0.25, 0.3) is 0 Å². The number of hydrogen-bond acceptors (Lipinski definition) is 1. The maximum absolute atomic E-state index is 13.4. The fourth-order valence-electron chi connectivity index (χ4n) is 3.93. The minimum absolute atomic E-state index is 0.211. The average Bonchev–Trinajstić information content (AvgIpc) is 2.36. The van der Waals surface area contributed by atoms with Crippen LogP contribution >= 0.6 is 0 Å². The Morgan fingerprint density at radius 3 is 1.95 bits per heavy atom. The van der Waals surface area contributed by atoms with E-state index in [4.69, 9.17) is 0 Å². The molecule has 1 N–H and O–H groups in total. The van der Waals surface area contributed by atoms with E-state index in [0.717, 1.165) is 35.4 Å². The van der Waals surface area contributed by atoms with Gasteiger partial charge in [0.25, 0.3) is 0 Å². The van der Waals surface area contributed by atoms with Gasteiger partial charge in [0.2, 0.25) is 0 Å². The molecule has 1 saturated carbocycles. The molecule has 0 bridgehead atoms. The average molecular weight is 292 g/mol. The second-order valence-corrected chi connectivity index (χ2v) is 7.88. The quantitative estimate of drug-likeness (QED) is 0.781. The fourth-order valence-corrected chi connectivity index (χ4v) is 3.93. The van der Waals surface area contributed by atoms with Gasteiger partial charge in [-0.3, -0.25) is 0 Å². The molecule has 1 aromatic rings. The van der Waals surface area contributed by atoms with Crippen molar-refractivity contribution in [1.82, 2.24) is 0 Å². The number of aliphatic hydroxyl groups excluding tert-OH is 1. The van der Waals surface area contributed by atoms with Crippen molar-refractivity contribution in [2.45, 2.75) is 66.4 Å². The predicted molar refractivity (Wildman–Crippen MR) is 85.7 cm³/mol. The third-order valence-electron chi connectivity index (χ3n) is 5.30. The third-order valence-corrected chi connectivity index (χ3v) is 5.30. The van der Waals surface area contributed by atoms with E-state index in [1.54, 1.807) is 0 Å². The normalized spacial score (nSPS) is 24.9. The van der Waals surface area contributed by atoms with Gasteiger partial charge in [0.05, 0.1) is 6.10 Å². The maximum atomic E-state index is 13.4. The molecule has 1 atom stereocenters. The summed E-state index contributed by atoms with van der Waals surface area (Å²) in [6, 6.07) is 3.07. The molecule has 1 aliphatic rings. The number of rotatable bonds is 2. The van der Waals surface area contributed by atoms with E-state index in [9.17, 15) is 9.50 Å². The molecule has 1 nitrogen and oxygen atoms in total. The summed E-state index contributed by atoms with van der Waals surface area (Å²) in [7, 11) is 0. The van der Waals surface area contributed by atoms with Crippen LogP contribution in [0.1, 0.15) is 69.2 Å². The molecule has 1 unspecified atom stereocenters. The highest BCUT2D eigenvalue weighted by Gasteiger charge is 2.33. The number of aryl methyl sites for hydroxylation is 2. The minimum Gasteiger partial charge on any atom is -0.388 e. The first-order valence-electron chi connectivity index (χ1n) is 8.15. The predicted octanol–water partition coefficient (Wildman–Crippen LogP) is 5.33. The zero-order chi connectivity index (χ0) is 15.8. The van der Waals surface area contributed by atoms with E-state index in [1.807, 2.05) is 13.8 Å². The van der Waals surface area contributed by atoms with Crippen LogP contribution < -0.4 is 0 Å². The molecule has 1 aromatic carbocycles. The number of hydrogen-bond donors (Lipinski definition) is 1. The minimum atomic E-state index is -0.452. The molecule has 2 heteroatoms. The van der Waals surface area contributed by atoms with Gasteiger partial charge in [0.1, 0.15) is 5.82 Å². The third kappa shape index (κ3) is 3.66. The van der Waals surface area contributed by atoms with Crippen LogP contribution in [-0.4, -0.2) is 5.11 Å². The second-order valence-electron chi connectivity index (χ2n) is 7.88. The molecule has 118 valence electrons. The monoisotopic (exact) mass is 292 g/mol. The van der Waals surface area contributed by atoms with Gasteiger partial charge in [-0.1, -0.05) is 20.8 Å². The lowest BCUT2D eigenvalue weighted by Crippen LogP contribution is -2.28. The Morgan fingerprint density at radius 1 is 1.05 bits per heavy atom. The van der Waals surface area contributed by atoms with Crippen LogP contribution in [0.5, 0.6) is 0 Å². The Labute approximate surface area is 128 Å². The first kappa shape index (κ1) is 16.5. The molecule has 0 radical (unpaired) electrons. The smallest absolute Gasteiger partial charge is 0.123 e. The van der Waals surface area contributed by atoms with Crippen LogP contribution in [0, 0.1) is 36.9 Å². The topological polar surface area (TPSA) is 20.2 Å². The summed E-state index contributed by atoms with van der Waals surface area (Å²) in [6.45, 7) is 10.7. The van der Waals surface area contributed by atoms with Crippen LogP contribution in [0.2, 0.25) is 0 Å². The molecule has 0 spiro atoms. The van der Waals surface area contributed by atoms with Gasteiger partial charge in [-0.05, 0) is 85.6 Å². The van der Waals surface area contributed by atoms with E-state index >= 15 is 0 Å². The van der Waals surface area contributed by atoms with Gasteiger partial charge in [0, 0.05) is 0 Å². The van der Waals surface area contributed by atoms with Gasteiger partial charge in [-0.25, -0.2) is 4.39 Å². The van der Waals surface area contributed by atoms with Gasteiger partial charge < -0.3 is 5.11 Å². The summed E-state index contributed by atoms with van der Waals surface area (Å²) in [5, 5.41) is 10.8. The Kier molecular flexibility index (Phi) is 4.77. The Morgan fingerprint density at radius 2 is 1.52 bits per heavy atom. The Balaban J connectivity index is 2.11. The first-order chi connectivity index (χ1) is 9.70. The van der Waals surface area contributed by atoms with Gasteiger partial charge >= 0.3 is 0 Å². The summed E-state index contributed by atoms with van der Waals surface area (Å²) in [6.07, 6.45) is 4.06. The lowest BCUT2D eigenvalue weighted by Gasteiger charge is -2.38. The molecular weight excluding hydrogens is 263 g/mol. The summed E-state index contributed by atoms with van der Waals surface area (Å²) in [5.74, 6) is 0.847. The van der Waals surface area contributed by atoms with Crippen molar-refractivity contribution in [3.05, 3.63) is 34.6 Å². The van der Waals surface area contributed by atoms with Crippen molar-refractivity contribution in [2.75, 3.05) is 0 Å². The largest absolute Gasteiger partial charge is 0.388 e. The highest BCUT2D eigenvalue weighted by atomic mass is 19.1. The Hall–Kier alpha value is -0.890. The molecule has 0 saturated heterocycles. The summed E-state index contributed by atoms with van der Waals surface area (Å²) in [4.78, 5) is 0. The molecule has 0 aromatic heterocycles. The summed E-state index contributed by atoms with van der Waals surface area (Å²) < 4.78 is 13.4. The lowest BCUT2D eigenvalue weighted by atomic mass is 9.68. The van der Waals surface area contributed by atoms with Crippen molar-refractivity contribution in [3.8, 4) is 0 Å². The van der Waals surface area contributed by atoms with Crippen LogP contribution in [0.3, 0.4) is 0 Å². The molecule has 1 aliphatic carbocycles. The lowest BCUT2D eigenvalue weighted by molar-refractivity contribution is 0.0520. The maximum Gasteiger partial charge on any atom is 0.123 e. The first-order valence-corrected chi connectivity index (χ1v) is 8.15. The summed E-state index contributed by atoms with van der Waals surface area (Å²) >= 11 is 0.